The number of amides is 4. The summed E-state index contributed by atoms with van der Waals surface area (Å²) in [5.41, 5.74) is 2.69. The molecular formula is C34H45N5O3. The van der Waals surface area contributed by atoms with Crippen LogP contribution in [0.4, 0.5) is 4.79 Å². The van der Waals surface area contributed by atoms with Crippen molar-refractivity contribution in [3.63, 3.8) is 0 Å². The Morgan fingerprint density at radius 2 is 1.62 bits per heavy atom. The van der Waals surface area contributed by atoms with Gasteiger partial charge in [0.15, 0.2) is 0 Å². The molecular weight excluding hydrogens is 526 g/mol. The van der Waals surface area contributed by atoms with E-state index >= 15 is 0 Å². The monoisotopic (exact) mass is 571 g/mol. The third kappa shape index (κ3) is 4.15. The normalized spacial score (nSPS) is 36.4. The number of hydrogen-bond acceptors (Lipinski definition) is 4. The molecule has 1 aromatic heterocycles. The first-order chi connectivity index (χ1) is 20.4. The van der Waals surface area contributed by atoms with Crippen LogP contribution in [0.5, 0.6) is 0 Å². The summed E-state index contributed by atoms with van der Waals surface area (Å²) in [7, 11) is 1.93. The summed E-state index contributed by atoms with van der Waals surface area (Å²) in [4.78, 5) is 52.2. The number of aromatic nitrogens is 1. The lowest BCUT2D eigenvalue weighted by Crippen LogP contribution is -2.52. The van der Waals surface area contributed by atoms with Gasteiger partial charge in [0, 0.05) is 56.4 Å². The van der Waals surface area contributed by atoms with E-state index in [-0.39, 0.29) is 53.5 Å². The summed E-state index contributed by atoms with van der Waals surface area (Å²) in [6.45, 7) is 7.79. The lowest BCUT2D eigenvalue weighted by molar-refractivity contribution is -0.141. The van der Waals surface area contributed by atoms with Gasteiger partial charge in [-0.25, -0.2) is 4.79 Å². The first kappa shape index (κ1) is 26.7. The van der Waals surface area contributed by atoms with Crippen molar-refractivity contribution in [3.8, 4) is 0 Å². The van der Waals surface area contributed by atoms with E-state index in [2.05, 4.69) is 47.3 Å². The van der Waals surface area contributed by atoms with Crippen molar-refractivity contribution in [2.24, 2.45) is 41.4 Å². The third-order valence-corrected chi connectivity index (χ3v) is 12.4. The number of fused-ring (bicyclic) bond motifs is 6. The van der Waals surface area contributed by atoms with Crippen LogP contribution in [0.2, 0.25) is 0 Å². The number of nitrogens with one attached hydrogen (secondary N) is 1. The third-order valence-electron chi connectivity index (χ3n) is 12.4. The van der Waals surface area contributed by atoms with E-state index in [9.17, 15) is 14.4 Å². The van der Waals surface area contributed by atoms with Gasteiger partial charge in [-0.05, 0) is 98.8 Å². The quantitative estimate of drug-likeness (QED) is 0.522. The molecule has 224 valence electrons. The van der Waals surface area contributed by atoms with Crippen LogP contribution in [-0.4, -0.2) is 94.8 Å². The molecule has 42 heavy (non-hydrogen) atoms. The van der Waals surface area contributed by atoms with Gasteiger partial charge in [-0.3, -0.25) is 14.5 Å². The van der Waals surface area contributed by atoms with Crippen LogP contribution in [0.25, 0.3) is 10.9 Å². The van der Waals surface area contributed by atoms with Crippen LogP contribution in [0.1, 0.15) is 56.9 Å². The first-order valence-corrected chi connectivity index (χ1v) is 16.6. The van der Waals surface area contributed by atoms with E-state index in [1.54, 1.807) is 4.90 Å². The number of H-pyrrole nitrogens is 1. The largest absolute Gasteiger partial charge is 0.361 e. The van der Waals surface area contributed by atoms with Crippen LogP contribution in [0, 0.1) is 41.4 Å². The maximum atomic E-state index is 13.8. The molecule has 8 atom stereocenters. The highest BCUT2D eigenvalue weighted by Crippen LogP contribution is 2.60. The second-order valence-corrected chi connectivity index (χ2v) is 14.5. The molecule has 8 nitrogen and oxygen atoms in total. The molecule has 3 saturated carbocycles. The van der Waals surface area contributed by atoms with E-state index in [1.807, 2.05) is 16.8 Å². The highest BCUT2D eigenvalue weighted by molar-refractivity contribution is 6.06. The number of carbonyl (C=O) groups excluding carboxylic acids is 3. The average Bonchev–Trinajstić information content (AvgIpc) is 3.55. The minimum Gasteiger partial charge on any atom is -0.361 e. The molecule has 6 fully saturated rings. The Morgan fingerprint density at radius 1 is 0.929 bits per heavy atom. The number of para-hydroxylation sites is 1. The fourth-order valence-corrected chi connectivity index (χ4v) is 10.1. The van der Waals surface area contributed by atoms with Crippen LogP contribution in [-0.2, 0) is 9.59 Å². The molecule has 2 aromatic rings. The molecule has 2 bridgehead atoms. The zero-order valence-electron chi connectivity index (χ0n) is 25.1. The maximum Gasteiger partial charge on any atom is 0.320 e. The van der Waals surface area contributed by atoms with Crippen molar-refractivity contribution in [2.45, 2.75) is 57.4 Å². The first-order valence-electron chi connectivity index (χ1n) is 16.6. The van der Waals surface area contributed by atoms with Gasteiger partial charge >= 0.3 is 6.03 Å². The predicted octanol–water partition coefficient (Wildman–Crippen LogP) is 4.39. The molecule has 8 heteroatoms. The van der Waals surface area contributed by atoms with Crippen LogP contribution >= 0.6 is 0 Å². The van der Waals surface area contributed by atoms with Gasteiger partial charge in [0.2, 0.25) is 11.8 Å². The van der Waals surface area contributed by atoms with Gasteiger partial charge in [0.1, 0.15) is 0 Å². The number of imide groups is 1. The van der Waals surface area contributed by atoms with Crippen molar-refractivity contribution in [3.05, 3.63) is 36.0 Å². The number of carbonyl (C=O) groups is 3. The van der Waals surface area contributed by atoms with Gasteiger partial charge in [-0.1, -0.05) is 25.1 Å². The number of nitrogens with zero attached hydrogens (tertiary/aromatic N) is 4. The molecule has 1 N–H and O–H groups in total. The number of benzene rings is 1. The van der Waals surface area contributed by atoms with Crippen molar-refractivity contribution >= 4 is 28.7 Å². The molecule has 8 rings (SSSR count). The van der Waals surface area contributed by atoms with Crippen LogP contribution in [0.3, 0.4) is 0 Å². The van der Waals surface area contributed by atoms with Crippen molar-refractivity contribution in [1.82, 2.24) is 24.6 Å². The summed E-state index contributed by atoms with van der Waals surface area (Å²) in [5, 5.41) is 1.36. The van der Waals surface area contributed by atoms with Crippen LogP contribution in [0.15, 0.2) is 30.5 Å². The zero-order chi connectivity index (χ0) is 28.7. The molecule has 1 aromatic carbocycles. The molecule has 3 aliphatic heterocycles. The predicted molar refractivity (Wildman–Crippen MR) is 161 cm³/mol. The fraction of sp³-hybridized carbons (Fsp3) is 0.676. The maximum absolute atomic E-state index is 13.8. The van der Waals surface area contributed by atoms with Crippen molar-refractivity contribution in [2.75, 3.05) is 46.3 Å². The number of rotatable bonds is 6. The highest BCUT2D eigenvalue weighted by atomic mass is 16.2. The lowest BCUT2D eigenvalue weighted by Gasteiger charge is -2.40. The summed E-state index contributed by atoms with van der Waals surface area (Å²) >= 11 is 0. The fourth-order valence-electron chi connectivity index (χ4n) is 10.1. The number of urea groups is 1. The molecule has 0 radical (unpaired) electrons. The Kier molecular flexibility index (Phi) is 6.43. The highest BCUT2D eigenvalue weighted by Gasteiger charge is 2.67. The topological polar surface area (TPSA) is 80.0 Å². The Bertz CT molecular complexity index is 1390. The van der Waals surface area contributed by atoms with Gasteiger partial charge in [-0.2, -0.15) is 0 Å². The van der Waals surface area contributed by atoms with E-state index < -0.39 is 0 Å². The molecule has 3 aliphatic carbocycles. The summed E-state index contributed by atoms with van der Waals surface area (Å²) < 4.78 is 0. The molecule has 0 spiro atoms. The molecule has 4 heterocycles. The standard InChI is InChI=1S/C34H45N5O3/c1-20-25-16-26(31(20)36(2)34(42)38-11-5-6-12-38)30-29(25)32(40)39(33(30)41)19-23-15-22(23)18-37-13-9-21(10-14-37)27-17-35-28-8-4-3-7-24(27)28/h3-4,7-8,17,20-23,25-26,29-31,35H,5-6,9-16,18-19H2,1-2H3/t20?,22-,23?,25?,26?,29?,30?,31?/m1/s1. The van der Waals surface area contributed by atoms with Crippen molar-refractivity contribution in [1.29, 1.82) is 0 Å². The minimum absolute atomic E-state index is 0.0571. The Morgan fingerprint density at radius 3 is 2.38 bits per heavy atom. The summed E-state index contributed by atoms with van der Waals surface area (Å²) in [6, 6.07) is 8.77. The Labute approximate surface area is 248 Å². The van der Waals surface area contributed by atoms with Gasteiger partial charge in [-0.15, -0.1) is 0 Å². The second-order valence-electron chi connectivity index (χ2n) is 14.5. The van der Waals surface area contributed by atoms with E-state index in [4.69, 9.17) is 0 Å². The lowest BCUT2D eigenvalue weighted by atomic mass is 9.72. The molecule has 3 saturated heterocycles. The summed E-state index contributed by atoms with van der Waals surface area (Å²) in [5.74, 6) is 1.97. The van der Waals surface area contributed by atoms with E-state index in [0.29, 0.717) is 24.3 Å². The molecule has 6 aliphatic rings. The Hall–Kier alpha value is -2.87. The second kappa shape index (κ2) is 10.1. The summed E-state index contributed by atoms with van der Waals surface area (Å²) in [6.07, 6.45) is 8.75. The average molecular weight is 572 g/mol. The zero-order valence-corrected chi connectivity index (χ0v) is 25.1. The van der Waals surface area contributed by atoms with E-state index in [0.717, 1.165) is 58.4 Å². The van der Waals surface area contributed by atoms with Gasteiger partial charge in [0.05, 0.1) is 11.8 Å². The van der Waals surface area contributed by atoms with Crippen molar-refractivity contribution < 1.29 is 14.4 Å². The van der Waals surface area contributed by atoms with Gasteiger partial charge < -0.3 is 19.7 Å². The number of likely N-dealkylation sites (tertiary alicyclic amines) is 3. The number of hydrogen-bond donors (Lipinski definition) is 1. The Balaban J connectivity index is 0.862. The number of aromatic amines is 1. The number of piperidine rings is 1. The SMILES string of the molecule is CC1C2CC(C3C(=O)N(CC4C[C@@H]4CN4CCC(c5c[nH]c6ccccc56)CC4)C(=O)C23)C1N(C)C(=O)N1CCCC1. The molecule has 4 amide bonds. The minimum atomic E-state index is -0.224. The smallest absolute Gasteiger partial charge is 0.320 e. The van der Waals surface area contributed by atoms with Gasteiger partial charge in [0.25, 0.3) is 0 Å². The van der Waals surface area contributed by atoms with E-state index in [1.165, 1.54) is 29.3 Å². The van der Waals surface area contributed by atoms with Crippen LogP contribution < -0.4 is 0 Å². The molecule has 7 unspecified atom stereocenters.